The van der Waals surface area contributed by atoms with E-state index in [2.05, 4.69) is 26.2 Å². The lowest BCUT2D eigenvalue weighted by Crippen LogP contribution is -2.42. The number of nitrogens with two attached hydrogens (primary N) is 1. The van der Waals surface area contributed by atoms with Gasteiger partial charge in [-0.2, -0.15) is 0 Å². The van der Waals surface area contributed by atoms with Gasteiger partial charge < -0.3 is 4.74 Å². The van der Waals surface area contributed by atoms with Gasteiger partial charge in [-0.05, 0) is 18.3 Å². The fourth-order valence-corrected chi connectivity index (χ4v) is 2.04. The summed E-state index contributed by atoms with van der Waals surface area (Å²) >= 11 is 0. The van der Waals surface area contributed by atoms with Gasteiger partial charge in [0, 0.05) is 19.8 Å². The molecular weight excluding hydrogens is 176 g/mol. The smallest absolute Gasteiger partial charge is 0.0488 e. The van der Waals surface area contributed by atoms with E-state index in [0.717, 1.165) is 13.0 Å². The predicted octanol–water partition coefficient (Wildman–Crippen LogP) is 1.93. The van der Waals surface area contributed by atoms with Crippen molar-refractivity contribution in [2.75, 3.05) is 13.7 Å². The summed E-state index contributed by atoms with van der Waals surface area (Å²) < 4.78 is 5.13. The number of rotatable bonds is 8. The number of hydrazine groups is 1. The largest absolute Gasteiger partial charge is 0.384 e. The van der Waals surface area contributed by atoms with Crippen LogP contribution in [0.4, 0.5) is 0 Å². The molecule has 3 N–H and O–H groups in total. The van der Waals surface area contributed by atoms with Gasteiger partial charge in [0.15, 0.2) is 0 Å². The normalized spacial score (nSPS) is 15.9. The van der Waals surface area contributed by atoms with Crippen LogP contribution in [0.5, 0.6) is 0 Å². The summed E-state index contributed by atoms with van der Waals surface area (Å²) in [5, 5.41) is 0. The second kappa shape index (κ2) is 8.21. The topological polar surface area (TPSA) is 47.3 Å². The number of hydrogen-bond acceptors (Lipinski definition) is 3. The zero-order chi connectivity index (χ0) is 11.0. The van der Waals surface area contributed by atoms with Gasteiger partial charge >= 0.3 is 0 Å². The van der Waals surface area contributed by atoms with E-state index < -0.39 is 0 Å². The molecule has 0 heterocycles. The monoisotopic (exact) mass is 202 g/mol. The minimum atomic E-state index is 0.426. The second-order valence-corrected chi connectivity index (χ2v) is 4.15. The molecule has 0 rings (SSSR count). The van der Waals surface area contributed by atoms with E-state index in [4.69, 9.17) is 10.6 Å². The van der Waals surface area contributed by atoms with Crippen LogP contribution in [0.3, 0.4) is 0 Å². The lowest BCUT2D eigenvalue weighted by Gasteiger charge is -2.26. The molecule has 0 spiro atoms. The molecule has 0 aliphatic rings. The molecule has 86 valence electrons. The van der Waals surface area contributed by atoms with Gasteiger partial charge in [-0.15, -0.1) is 0 Å². The number of hydrogen-bond donors (Lipinski definition) is 2. The quantitative estimate of drug-likeness (QED) is 0.467. The van der Waals surface area contributed by atoms with Crippen LogP contribution >= 0.6 is 0 Å². The Morgan fingerprint density at radius 1 is 1.29 bits per heavy atom. The minimum Gasteiger partial charge on any atom is -0.384 e. The lowest BCUT2D eigenvalue weighted by atomic mass is 9.88. The third-order valence-electron chi connectivity index (χ3n) is 2.94. The molecule has 0 bridgehead atoms. The molecule has 0 aliphatic heterocycles. The van der Waals surface area contributed by atoms with Crippen LogP contribution < -0.4 is 11.3 Å². The summed E-state index contributed by atoms with van der Waals surface area (Å²) in [6.07, 6.45) is 3.47. The third kappa shape index (κ3) is 4.94. The fraction of sp³-hybridized carbons (Fsp3) is 1.00. The molecule has 0 aromatic carbocycles. The molecule has 2 unspecified atom stereocenters. The molecule has 3 nitrogen and oxygen atoms in total. The minimum absolute atomic E-state index is 0.426. The maximum absolute atomic E-state index is 5.58. The molecule has 2 atom stereocenters. The number of nitrogens with one attached hydrogen (secondary N) is 1. The van der Waals surface area contributed by atoms with Crippen molar-refractivity contribution in [3.63, 3.8) is 0 Å². The summed E-state index contributed by atoms with van der Waals surface area (Å²) in [6.45, 7) is 7.47. The highest BCUT2D eigenvalue weighted by Crippen LogP contribution is 2.19. The molecule has 0 amide bonds. The molecule has 0 aromatic heterocycles. The van der Waals surface area contributed by atoms with Crippen LogP contribution in [0.1, 0.15) is 40.0 Å². The summed E-state index contributed by atoms with van der Waals surface area (Å²) in [4.78, 5) is 0. The number of methoxy groups -OCH3 is 1. The molecule has 0 radical (unpaired) electrons. The van der Waals surface area contributed by atoms with E-state index in [0.29, 0.717) is 17.9 Å². The highest BCUT2D eigenvalue weighted by atomic mass is 16.5. The molecular formula is C11H26N2O. The molecule has 0 aliphatic carbocycles. The lowest BCUT2D eigenvalue weighted by molar-refractivity contribution is 0.141. The van der Waals surface area contributed by atoms with Gasteiger partial charge in [0.1, 0.15) is 0 Å². The molecule has 0 fully saturated rings. The van der Waals surface area contributed by atoms with Crippen molar-refractivity contribution in [1.82, 2.24) is 5.43 Å². The highest BCUT2D eigenvalue weighted by Gasteiger charge is 2.19. The average molecular weight is 202 g/mol. The van der Waals surface area contributed by atoms with Crippen molar-refractivity contribution < 1.29 is 4.74 Å². The first-order chi connectivity index (χ1) is 6.69. The Bertz CT molecular complexity index is 126. The third-order valence-corrected chi connectivity index (χ3v) is 2.94. The van der Waals surface area contributed by atoms with Crippen LogP contribution in [0.2, 0.25) is 0 Å². The molecule has 14 heavy (non-hydrogen) atoms. The second-order valence-electron chi connectivity index (χ2n) is 4.15. The highest BCUT2D eigenvalue weighted by molar-refractivity contribution is 4.74. The van der Waals surface area contributed by atoms with Crippen molar-refractivity contribution in [1.29, 1.82) is 0 Å². The average Bonchev–Trinajstić information content (AvgIpc) is 2.18. The predicted molar refractivity (Wildman–Crippen MR) is 60.8 cm³/mol. The fourth-order valence-electron chi connectivity index (χ4n) is 2.04. The zero-order valence-electron chi connectivity index (χ0n) is 10.0. The van der Waals surface area contributed by atoms with Gasteiger partial charge in [-0.25, -0.2) is 0 Å². The first-order valence-electron chi connectivity index (χ1n) is 5.64. The van der Waals surface area contributed by atoms with E-state index in [1.165, 1.54) is 12.8 Å². The van der Waals surface area contributed by atoms with Crippen molar-refractivity contribution in [2.24, 2.45) is 17.7 Å². The molecule has 0 saturated carbocycles. The van der Waals surface area contributed by atoms with Crippen molar-refractivity contribution in [3.05, 3.63) is 0 Å². The summed E-state index contributed by atoms with van der Waals surface area (Å²) in [5.74, 6) is 6.83. The van der Waals surface area contributed by atoms with Crippen LogP contribution in [-0.2, 0) is 4.74 Å². The molecule has 0 aromatic rings. The maximum Gasteiger partial charge on any atom is 0.0488 e. The van der Waals surface area contributed by atoms with Gasteiger partial charge in [-0.3, -0.25) is 11.3 Å². The first-order valence-corrected chi connectivity index (χ1v) is 5.64. The van der Waals surface area contributed by atoms with Crippen LogP contribution in [-0.4, -0.2) is 19.8 Å². The van der Waals surface area contributed by atoms with Crippen LogP contribution in [0.15, 0.2) is 0 Å². The Balaban J connectivity index is 3.98. The van der Waals surface area contributed by atoms with E-state index in [-0.39, 0.29) is 0 Å². The van der Waals surface area contributed by atoms with E-state index >= 15 is 0 Å². The Kier molecular flexibility index (Phi) is 8.14. The van der Waals surface area contributed by atoms with Crippen LogP contribution in [0.25, 0.3) is 0 Å². The first kappa shape index (κ1) is 13.9. The molecule has 3 heteroatoms. The maximum atomic E-state index is 5.58. The van der Waals surface area contributed by atoms with Gasteiger partial charge in [0.2, 0.25) is 0 Å². The zero-order valence-corrected chi connectivity index (χ0v) is 10.0. The van der Waals surface area contributed by atoms with E-state index in [1.807, 2.05) is 0 Å². The van der Waals surface area contributed by atoms with Gasteiger partial charge in [0.05, 0.1) is 0 Å². The van der Waals surface area contributed by atoms with Crippen LogP contribution in [0, 0.1) is 11.8 Å². The van der Waals surface area contributed by atoms with Crippen molar-refractivity contribution in [3.8, 4) is 0 Å². The van der Waals surface area contributed by atoms with Crippen molar-refractivity contribution >= 4 is 0 Å². The van der Waals surface area contributed by atoms with E-state index in [1.54, 1.807) is 7.11 Å². The van der Waals surface area contributed by atoms with Gasteiger partial charge in [-0.1, -0.05) is 33.6 Å². The Labute approximate surface area is 88.4 Å². The van der Waals surface area contributed by atoms with E-state index in [9.17, 15) is 0 Å². The summed E-state index contributed by atoms with van der Waals surface area (Å²) in [5.41, 5.74) is 2.94. The van der Waals surface area contributed by atoms with Crippen molar-refractivity contribution in [2.45, 2.75) is 46.1 Å². The Morgan fingerprint density at radius 3 is 2.21 bits per heavy atom. The van der Waals surface area contributed by atoms with Gasteiger partial charge in [0.25, 0.3) is 0 Å². The number of ether oxygens (including phenoxy) is 1. The summed E-state index contributed by atoms with van der Waals surface area (Å²) in [7, 11) is 1.75. The Morgan fingerprint density at radius 2 is 1.86 bits per heavy atom. The summed E-state index contributed by atoms with van der Waals surface area (Å²) in [6, 6.07) is 0.426. The standard InChI is InChI=1S/C11H26N2O/c1-5-10(6-2)11(13-12)7-9(3)8-14-4/h9-11,13H,5-8,12H2,1-4H3. The SMILES string of the molecule is CCC(CC)C(CC(C)COC)NN. The molecule has 0 saturated heterocycles. The Hall–Kier alpha value is -0.120.